The summed E-state index contributed by atoms with van der Waals surface area (Å²) in [6, 6.07) is 0. The molecule has 14 heavy (non-hydrogen) atoms. The molecule has 82 valence electrons. The predicted octanol–water partition coefficient (Wildman–Crippen LogP) is 2.21. The number of imide groups is 1. The summed E-state index contributed by atoms with van der Waals surface area (Å²) in [5.74, 6) is 0.0997. The van der Waals surface area contributed by atoms with E-state index in [2.05, 4.69) is 13.8 Å². The Morgan fingerprint density at radius 2 is 1.79 bits per heavy atom. The Morgan fingerprint density at radius 1 is 1.36 bits per heavy atom. The molecule has 0 unspecified atom stereocenters. The largest absolute Gasteiger partial charge is 0.288 e. The monoisotopic (exact) mass is 199 g/mol. The third kappa shape index (κ3) is 4.40. The van der Waals surface area contributed by atoms with Gasteiger partial charge in [-0.3, -0.25) is 14.5 Å². The average Bonchev–Trinajstić information content (AvgIpc) is 2.69. The van der Waals surface area contributed by atoms with Crippen LogP contribution in [-0.4, -0.2) is 24.3 Å². The molecule has 3 heteroatoms. The van der Waals surface area contributed by atoms with Crippen molar-refractivity contribution < 1.29 is 9.59 Å². The number of hydrogen-bond acceptors (Lipinski definition) is 2. The van der Waals surface area contributed by atoms with Gasteiger partial charge < -0.3 is 0 Å². The summed E-state index contributed by atoms with van der Waals surface area (Å²) in [6.45, 7) is 4.25. The maximum atomic E-state index is 11.3. The standard InChI is InChI=1S/C8H13NO2.C3H8/c1-9(6-10)8(11)7-4-2-3-5-7;1-3-2/h6-7H,2-5H2,1H3;3H2,1-2H3. The lowest BCUT2D eigenvalue weighted by Crippen LogP contribution is -2.30. The fraction of sp³-hybridized carbons (Fsp3) is 0.818. The molecule has 2 amide bonds. The molecule has 0 heterocycles. The number of hydrogen-bond donors (Lipinski definition) is 0. The van der Waals surface area contributed by atoms with Crippen LogP contribution in [-0.2, 0) is 9.59 Å². The minimum atomic E-state index is -0.0162. The lowest BCUT2D eigenvalue weighted by atomic mass is 10.1. The molecular weight excluding hydrogens is 178 g/mol. The molecule has 1 fully saturated rings. The van der Waals surface area contributed by atoms with E-state index in [-0.39, 0.29) is 11.8 Å². The second-order valence-corrected chi connectivity index (χ2v) is 3.74. The van der Waals surface area contributed by atoms with Crippen molar-refractivity contribution in [1.82, 2.24) is 4.90 Å². The van der Waals surface area contributed by atoms with Gasteiger partial charge in [0.15, 0.2) is 0 Å². The van der Waals surface area contributed by atoms with E-state index in [4.69, 9.17) is 0 Å². The molecule has 0 aromatic heterocycles. The summed E-state index contributed by atoms with van der Waals surface area (Å²) >= 11 is 0. The summed E-state index contributed by atoms with van der Waals surface area (Å²) in [6.07, 6.45) is 6.00. The highest BCUT2D eigenvalue weighted by Crippen LogP contribution is 2.25. The zero-order chi connectivity index (χ0) is 11.0. The lowest BCUT2D eigenvalue weighted by Gasteiger charge is -2.13. The van der Waals surface area contributed by atoms with Gasteiger partial charge in [-0.15, -0.1) is 0 Å². The quantitative estimate of drug-likeness (QED) is 0.639. The van der Waals surface area contributed by atoms with Gasteiger partial charge in [0.2, 0.25) is 12.3 Å². The van der Waals surface area contributed by atoms with Crippen LogP contribution in [0.15, 0.2) is 0 Å². The second kappa shape index (κ2) is 7.54. The van der Waals surface area contributed by atoms with E-state index in [9.17, 15) is 9.59 Å². The van der Waals surface area contributed by atoms with Gasteiger partial charge in [0.1, 0.15) is 0 Å². The van der Waals surface area contributed by atoms with Crippen LogP contribution in [0.4, 0.5) is 0 Å². The minimum Gasteiger partial charge on any atom is -0.288 e. The van der Waals surface area contributed by atoms with Crippen LogP contribution in [0.2, 0.25) is 0 Å². The number of carbonyl (C=O) groups is 2. The van der Waals surface area contributed by atoms with Gasteiger partial charge >= 0.3 is 0 Å². The Bertz CT molecular complexity index is 174. The summed E-state index contributed by atoms with van der Waals surface area (Å²) < 4.78 is 0. The van der Waals surface area contributed by atoms with E-state index in [1.807, 2.05) is 0 Å². The van der Waals surface area contributed by atoms with Crippen molar-refractivity contribution in [2.24, 2.45) is 5.92 Å². The molecule has 1 aliphatic carbocycles. The highest BCUT2D eigenvalue weighted by molar-refractivity contribution is 5.87. The Morgan fingerprint density at radius 3 is 2.14 bits per heavy atom. The fourth-order valence-corrected chi connectivity index (χ4v) is 1.51. The van der Waals surface area contributed by atoms with Crippen LogP contribution >= 0.6 is 0 Å². The highest BCUT2D eigenvalue weighted by Gasteiger charge is 2.24. The lowest BCUT2D eigenvalue weighted by molar-refractivity contribution is -0.139. The predicted molar refractivity (Wildman–Crippen MR) is 56.8 cm³/mol. The van der Waals surface area contributed by atoms with E-state index >= 15 is 0 Å². The Kier molecular flexibility index (Phi) is 7.07. The van der Waals surface area contributed by atoms with Crippen molar-refractivity contribution in [3.8, 4) is 0 Å². The molecule has 0 aliphatic heterocycles. The van der Waals surface area contributed by atoms with Gasteiger partial charge in [-0.1, -0.05) is 33.1 Å². The number of nitrogens with zero attached hydrogens (tertiary/aromatic N) is 1. The highest BCUT2D eigenvalue weighted by atomic mass is 16.2. The molecule has 0 aromatic rings. The Balaban J connectivity index is 0.000000500. The summed E-state index contributed by atoms with van der Waals surface area (Å²) in [7, 11) is 1.52. The van der Waals surface area contributed by atoms with E-state index in [0.717, 1.165) is 30.6 Å². The molecule has 1 rings (SSSR count). The van der Waals surface area contributed by atoms with Gasteiger partial charge in [0.05, 0.1) is 0 Å². The third-order valence-corrected chi connectivity index (χ3v) is 2.21. The number of amides is 2. The Hall–Kier alpha value is -0.860. The van der Waals surface area contributed by atoms with Crippen LogP contribution < -0.4 is 0 Å². The van der Waals surface area contributed by atoms with Crippen LogP contribution in [0.25, 0.3) is 0 Å². The molecule has 0 radical (unpaired) electrons. The first-order valence-corrected chi connectivity index (χ1v) is 5.39. The van der Waals surface area contributed by atoms with E-state index < -0.39 is 0 Å². The minimum absolute atomic E-state index is 0.0162. The average molecular weight is 199 g/mol. The van der Waals surface area contributed by atoms with Gasteiger partial charge in [0.25, 0.3) is 0 Å². The molecule has 0 spiro atoms. The molecule has 0 saturated heterocycles. The number of rotatable bonds is 2. The zero-order valence-electron chi connectivity index (χ0n) is 9.45. The van der Waals surface area contributed by atoms with Crippen LogP contribution in [0.3, 0.4) is 0 Å². The molecule has 1 saturated carbocycles. The van der Waals surface area contributed by atoms with E-state index in [1.165, 1.54) is 13.5 Å². The van der Waals surface area contributed by atoms with Crippen LogP contribution in [0.5, 0.6) is 0 Å². The van der Waals surface area contributed by atoms with E-state index in [1.54, 1.807) is 0 Å². The maximum Gasteiger partial charge on any atom is 0.231 e. The SMILES string of the molecule is CCC.CN(C=O)C(=O)C1CCCC1. The van der Waals surface area contributed by atoms with Gasteiger partial charge in [-0.05, 0) is 12.8 Å². The molecule has 3 nitrogen and oxygen atoms in total. The van der Waals surface area contributed by atoms with Crippen molar-refractivity contribution in [2.75, 3.05) is 7.05 Å². The first-order valence-electron chi connectivity index (χ1n) is 5.39. The van der Waals surface area contributed by atoms with Crippen LogP contribution in [0.1, 0.15) is 46.0 Å². The molecule has 0 aromatic carbocycles. The summed E-state index contributed by atoms with van der Waals surface area (Å²) in [4.78, 5) is 22.6. The van der Waals surface area contributed by atoms with Crippen molar-refractivity contribution in [2.45, 2.75) is 46.0 Å². The topological polar surface area (TPSA) is 37.4 Å². The normalized spacial score (nSPS) is 15.6. The molecule has 1 aliphatic rings. The zero-order valence-corrected chi connectivity index (χ0v) is 9.45. The fourth-order valence-electron chi connectivity index (χ4n) is 1.51. The Labute approximate surface area is 86.5 Å². The first-order chi connectivity index (χ1) is 6.67. The van der Waals surface area contributed by atoms with E-state index in [0.29, 0.717) is 6.41 Å². The smallest absolute Gasteiger partial charge is 0.231 e. The maximum absolute atomic E-state index is 11.3. The number of carbonyl (C=O) groups excluding carboxylic acids is 2. The summed E-state index contributed by atoms with van der Waals surface area (Å²) in [5.41, 5.74) is 0. The molecule has 0 N–H and O–H groups in total. The van der Waals surface area contributed by atoms with Crippen molar-refractivity contribution in [3.63, 3.8) is 0 Å². The summed E-state index contributed by atoms with van der Waals surface area (Å²) in [5, 5.41) is 0. The van der Waals surface area contributed by atoms with Crippen molar-refractivity contribution >= 4 is 12.3 Å². The second-order valence-electron chi connectivity index (χ2n) is 3.74. The third-order valence-electron chi connectivity index (χ3n) is 2.21. The molecular formula is C11H21NO2. The van der Waals surface area contributed by atoms with Crippen LogP contribution in [0, 0.1) is 5.92 Å². The molecule has 0 bridgehead atoms. The van der Waals surface area contributed by atoms with Gasteiger partial charge in [-0.2, -0.15) is 0 Å². The van der Waals surface area contributed by atoms with Crippen molar-refractivity contribution in [1.29, 1.82) is 0 Å². The van der Waals surface area contributed by atoms with Gasteiger partial charge in [0, 0.05) is 13.0 Å². The van der Waals surface area contributed by atoms with Crippen molar-refractivity contribution in [3.05, 3.63) is 0 Å². The van der Waals surface area contributed by atoms with Gasteiger partial charge in [-0.25, -0.2) is 0 Å². The first kappa shape index (κ1) is 13.1. The molecule has 0 atom stereocenters.